The first-order valence-electron chi connectivity index (χ1n) is 9.85. The monoisotopic (exact) mass is 366 g/mol. The standard InChI is InChI=1S/C19H30N2O5/c1-26-14-10-13(11-17(22)23)21(12-14)19(25)16-7-3-2-6-15(16)18(24)20-8-4-5-9-20/h13-16H,2-12H2,1H3,(H,22,23). The number of carbonyl (C=O) groups excluding carboxylic acids is 2. The molecule has 146 valence electrons. The van der Waals surface area contributed by atoms with E-state index in [0.29, 0.717) is 13.0 Å². The fraction of sp³-hybridized carbons (Fsp3) is 0.842. The number of hydrogen-bond donors (Lipinski definition) is 1. The summed E-state index contributed by atoms with van der Waals surface area (Å²) in [6.45, 7) is 2.02. The number of likely N-dealkylation sites (tertiary alicyclic amines) is 2. The van der Waals surface area contributed by atoms with Gasteiger partial charge in [0.1, 0.15) is 0 Å². The van der Waals surface area contributed by atoms with Gasteiger partial charge in [0.2, 0.25) is 11.8 Å². The van der Waals surface area contributed by atoms with Crippen molar-refractivity contribution in [3.05, 3.63) is 0 Å². The maximum Gasteiger partial charge on any atom is 0.305 e. The normalized spacial score (nSPS) is 32.0. The Labute approximate surface area is 154 Å². The minimum absolute atomic E-state index is 0.0481. The molecule has 0 aromatic rings. The first-order valence-corrected chi connectivity index (χ1v) is 9.85. The maximum atomic E-state index is 13.3. The lowest BCUT2D eigenvalue weighted by molar-refractivity contribution is -0.149. The topological polar surface area (TPSA) is 87.1 Å². The van der Waals surface area contributed by atoms with Crippen molar-refractivity contribution in [2.24, 2.45) is 11.8 Å². The van der Waals surface area contributed by atoms with Crippen LogP contribution in [0.15, 0.2) is 0 Å². The molecule has 1 N–H and O–H groups in total. The molecule has 7 nitrogen and oxygen atoms in total. The van der Waals surface area contributed by atoms with E-state index in [2.05, 4.69) is 0 Å². The summed E-state index contributed by atoms with van der Waals surface area (Å²) in [5.74, 6) is -1.39. The second kappa shape index (κ2) is 8.37. The van der Waals surface area contributed by atoms with E-state index < -0.39 is 5.97 Å². The molecule has 0 spiro atoms. The molecule has 26 heavy (non-hydrogen) atoms. The molecule has 2 aliphatic heterocycles. The molecule has 2 amide bonds. The number of amides is 2. The zero-order valence-corrected chi connectivity index (χ0v) is 15.6. The Kier molecular flexibility index (Phi) is 6.16. The Morgan fingerprint density at radius 2 is 1.62 bits per heavy atom. The summed E-state index contributed by atoms with van der Waals surface area (Å²) in [6.07, 6.45) is 5.85. The van der Waals surface area contributed by atoms with Gasteiger partial charge in [-0.1, -0.05) is 12.8 Å². The molecular formula is C19H30N2O5. The molecule has 3 aliphatic rings. The molecule has 0 radical (unpaired) electrons. The van der Waals surface area contributed by atoms with Crippen molar-refractivity contribution >= 4 is 17.8 Å². The van der Waals surface area contributed by atoms with E-state index in [1.165, 1.54) is 0 Å². The number of nitrogens with zero attached hydrogens (tertiary/aromatic N) is 2. The number of hydrogen-bond acceptors (Lipinski definition) is 4. The predicted molar refractivity (Wildman–Crippen MR) is 94.4 cm³/mol. The van der Waals surface area contributed by atoms with Gasteiger partial charge in [0.05, 0.1) is 12.5 Å². The van der Waals surface area contributed by atoms with Gasteiger partial charge < -0.3 is 19.6 Å². The summed E-state index contributed by atoms with van der Waals surface area (Å²) in [4.78, 5) is 41.0. The van der Waals surface area contributed by atoms with Crippen LogP contribution in [-0.2, 0) is 19.1 Å². The van der Waals surface area contributed by atoms with Gasteiger partial charge in [0.15, 0.2) is 0 Å². The van der Waals surface area contributed by atoms with Crippen molar-refractivity contribution in [3.8, 4) is 0 Å². The molecule has 0 bridgehead atoms. The number of carboxylic acids is 1. The Morgan fingerprint density at radius 1 is 1.00 bits per heavy atom. The number of aliphatic carboxylic acids is 1. The van der Waals surface area contributed by atoms with E-state index in [1.807, 2.05) is 4.90 Å². The molecule has 3 rings (SSSR count). The van der Waals surface area contributed by atoms with Crippen LogP contribution in [0.2, 0.25) is 0 Å². The van der Waals surface area contributed by atoms with E-state index in [9.17, 15) is 19.5 Å². The molecule has 0 aromatic heterocycles. The van der Waals surface area contributed by atoms with E-state index in [4.69, 9.17) is 4.74 Å². The van der Waals surface area contributed by atoms with Crippen molar-refractivity contribution in [2.75, 3.05) is 26.7 Å². The molecule has 4 unspecified atom stereocenters. The molecule has 2 saturated heterocycles. The number of carboxylic acid groups (broad SMARTS) is 1. The highest BCUT2D eigenvalue weighted by atomic mass is 16.5. The SMILES string of the molecule is COC1CC(CC(=O)O)N(C(=O)C2CCCCC2C(=O)N2CCCC2)C1. The summed E-state index contributed by atoms with van der Waals surface area (Å²) >= 11 is 0. The van der Waals surface area contributed by atoms with Crippen molar-refractivity contribution in [3.63, 3.8) is 0 Å². The van der Waals surface area contributed by atoms with E-state index in [1.54, 1.807) is 12.0 Å². The van der Waals surface area contributed by atoms with E-state index >= 15 is 0 Å². The molecule has 1 saturated carbocycles. The molecule has 4 atom stereocenters. The van der Waals surface area contributed by atoms with Crippen molar-refractivity contribution in [1.29, 1.82) is 0 Å². The lowest BCUT2D eigenvalue weighted by atomic mass is 9.77. The first-order chi connectivity index (χ1) is 12.5. The summed E-state index contributed by atoms with van der Waals surface area (Å²) < 4.78 is 5.38. The molecule has 1 aliphatic carbocycles. The second-order valence-electron chi connectivity index (χ2n) is 7.87. The van der Waals surface area contributed by atoms with Crippen LogP contribution in [0.25, 0.3) is 0 Å². The van der Waals surface area contributed by atoms with E-state index in [0.717, 1.165) is 51.6 Å². The number of methoxy groups -OCH3 is 1. The first kappa shape index (κ1) is 19.1. The number of carbonyl (C=O) groups is 3. The highest BCUT2D eigenvalue weighted by Crippen LogP contribution is 2.36. The molecular weight excluding hydrogens is 336 g/mol. The van der Waals surface area contributed by atoms with Crippen LogP contribution in [0.5, 0.6) is 0 Å². The van der Waals surface area contributed by atoms with Crippen molar-refractivity contribution in [2.45, 2.75) is 63.5 Å². The lowest BCUT2D eigenvalue weighted by Crippen LogP contribution is -2.48. The minimum atomic E-state index is -0.905. The fourth-order valence-electron chi connectivity index (χ4n) is 4.82. The molecule has 7 heteroatoms. The van der Waals surface area contributed by atoms with Crippen LogP contribution in [-0.4, -0.2) is 71.6 Å². The Hall–Kier alpha value is -1.63. The average molecular weight is 366 g/mol. The lowest BCUT2D eigenvalue weighted by Gasteiger charge is -2.36. The van der Waals surface area contributed by atoms with Gasteiger partial charge in [0, 0.05) is 44.6 Å². The van der Waals surface area contributed by atoms with Gasteiger partial charge in [-0.15, -0.1) is 0 Å². The predicted octanol–water partition coefficient (Wildman–Crippen LogP) is 1.51. The molecule has 2 heterocycles. The van der Waals surface area contributed by atoms with Crippen LogP contribution in [0.3, 0.4) is 0 Å². The molecule has 0 aromatic carbocycles. The highest BCUT2D eigenvalue weighted by Gasteiger charge is 2.44. The molecule has 3 fully saturated rings. The smallest absolute Gasteiger partial charge is 0.305 e. The van der Waals surface area contributed by atoms with Crippen LogP contribution < -0.4 is 0 Å². The number of ether oxygens (including phenoxy) is 1. The third-order valence-electron chi connectivity index (χ3n) is 6.22. The van der Waals surface area contributed by atoms with Crippen molar-refractivity contribution < 1.29 is 24.2 Å². The fourth-order valence-corrected chi connectivity index (χ4v) is 4.82. The zero-order valence-electron chi connectivity index (χ0n) is 15.6. The third-order valence-corrected chi connectivity index (χ3v) is 6.22. The third kappa shape index (κ3) is 4.03. The van der Waals surface area contributed by atoms with Gasteiger partial charge in [-0.05, 0) is 32.1 Å². The van der Waals surface area contributed by atoms with Gasteiger partial charge in [-0.25, -0.2) is 0 Å². The highest BCUT2D eigenvalue weighted by molar-refractivity contribution is 5.88. The number of rotatable bonds is 5. The van der Waals surface area contributed by atoms with Crippen LogP contribution >= 0.6 is 0 Å². The van der Waals surface area contributed by atoms with Crippen LogP contribution in [0.4, 0.5) is 0 Å². The average Bonchev–Trinajstić information content (AvgIpc) is 3.30. The zero-order chi connectivity index (χ0) is 18.7. The summed E-state index contributed by atoms with van der Waals surface area (Å²) in [5, 5.41) is 9.19. The Bertz CT molecular complexity index is 546. The van der Waals surface area contributed by atoms with Crippen LogP contribution in [0, 0.1) is 11.8 Å². The van der Waals surface area contributed by atoms with Gasteiger partial charge >= 0.3 is 5.97 Å². The minimum Gasteiger partial charge on any atom is -0.481 e. The van der Waals surface area contributed by atoms with Gasteiger partial charge in [-0.2, -0.15) is 0 Å². The summed E-state index contributed by atoms with van der Waals surface area (Å²) in [7, 11) is 1.59. The van der Waals surface area contributed by atoms with Crippen molar-refractivity contribution in [1.82, 2.24) is 9.80 Å². The van der Waals surface area contributed by atoms with Gasteiger partial charge in [-0.3, -0.25) is 14.4 Å². The largest absolute Gasteiger partial charge is 0.481 e. The van der Waals surface area contributed by atoms with Gasteiger partial charge in [0.25, 0.3) is 0 Å². The summed E-state index contributed by atoms with van der Waals surface area (Å²) in [5.41, 5.74) is 0. The van der Waals surface area contributed by atoms with E-state index in [-0.39, 0.29) is 42.2 Å². The van der Waals surface area contributed by atoms with Crippen LogP contribution in [0.1, 0.15) is 51.4 Å². The summed E-state index contributed by atoms with van der Waals surface area (Å²) in [6, 6.07) is -0.339. The Balaban J connectivity index is 1.74. The second-order valence-corrected chi connectivity index (χ2v) is 7.87. The quantitative estimate of drug-likeness (QED) is 0.797. The maximum absolute atomic E-state index is 13.3. The Morgan fingerprint density at radius 3 is 2.19 bits per heavy atom.